The molecular weight excluding hydrogens is 516 g/mol. The quantitative estimate of drug-likeness (QED) is 0.365. The highest BCUT2D eigenvalue weighted by Gasteiger charge is 2.23. The molecule has 39 heavy (non-hydrogen) atoms. The minimum Gasteiger partial charge on any atom is -0.383 e. The molecule has 11 heteroatoms. The monoisotopic (exact) mass is 552 g/mol. The second-order valence-corrected chi connectivity index (χ2v) is 10.8. The number of ether oxygens (including phenoxy) is 1. The normalized spacial score (nSPS) is 20.2. The van der Waals surface area contributed by atoms with E-state index in [1.165, 1.54) is 0 Å². The number of anilines is 2. The van der Waals surface area contributed by atoms with Crippen LogP contribution in [0.4, 0.5) is 11.8 Å². The summed E-state index contributed by atoms with van der Waals surface area (Å²) in [5, 5.41) is 8.37. The second-order valence-electron chi connectivity index (χ2n) is 10.4. The topological polar surface area (TPSA) is 108 Å². The van der Waals surface area contributed by atoms with Gasteiger partial charge in [0.2, 0.25) is 11.9 Å². The van der Waals surface area contributed by atoms with Gasteiger partial charge in [-0.2, -0.15) is 0 Å². The van der Waals surface area contributed by atoms with Gasteiger partial charge in [-0.25, -0.2) is 19.9 Å². The average molecular weight is 553 g/mol. The Kier molecular flexibility index (Phi) is 9.39. The summed E-state index contributed by atoms with van der Waals surface area (Å²) in [6.45, 7) is 5.77. The number of methoxy groups -OCH3 is 1. The maximum Gasteiger partial charge on any atom is 0.227 e. The molecule has 1 saturated heterocycles. The number of carbonyl (C=O) groups is 1. The highest BCUT2D eigenvalue weighted by Crippen LogP contribution is 2.28. The number of aromatic nitrogens is 4. The number of fused-ring (bicyclic) bond motifs is 1. The molecule has 1 saturated carbocycles. The molecule has 0 unspecified atom stereocenters. The van der Waals surface area contributed by atoms with E-state index in [2.05, 4.69) is 35.5 Å². The molecule has 0 spiro atoms. The Morgan fingerprint density at radius 3 is 2.56 bits per heavy atom. The lowest BCUT2D eigenvalue weighted by Crippen LogP contribution is -2.49. The maximum absolute atomic E-state index is 12.7. The Morgan fingerprint density at radius 1 is 1.05 bits per heavy atom. The molecule has 1 amide bonds. The highest BCUT2D eigenvalue weighted by atomic mass is 35.5. The minimum atomic E-state index is 0.134. The number of nitrogens with zero attached hydrogens (tertiary/aromatic N) is 6. The van der Waals surface area contributed by atoms with Crippen molar-refractivity contribution in [1.82, 2.24) is 29.7 Å². The van der Waals surface area contributed by atoms with Crippen LogP contribution in [0.1, 0.15) is 31.2 Å². The van der Waals surface area contributed by atoms with Crippen molar-refractivity contribution in [3.63, 3.8) is 0 Å². The van der Waals surface area contributed by atoms with Crippen LogP contribution in [0.2, 0.25) is 5.15 Å². The first kappa shape index (κ1) is 27.5. The summed E-state index contributed by atoms with van der Waals surface area (Å²) in [4.78, 5) is 34.7. The lowest BCUT2D eigenvalue weighted by molar-refractivity contribution is -0.132. The Bertz CT molecular complexity index is 1230. The van der Waals surface area contributed by atoms with Gasteiger partial charge in [0.15, 0.2) is 5.15 Å². The first-order valence-electron chi connectivity index (χ1n) is 13.8. The Hall–Kier alpha value is -3.08. The fourth-order valence-corrected chi connectivity index (χ4v) is 5.52. The van der Waals surface area contributed by atoms with E-state index in [4.69, 9.17) is 16.3 Å². The van der Waals surface area contributed by atoms with Crippen molar-refractivity contribution >= 4 is 40.2 Å². The van der Waals surface area contributed by atoms with E-state index in [0.717, 1.165) is 93.8 Å². The maximum atomic E-state index is 12.7. The zero-order valence-corrected chi connectivity index (χ0v) is 23.2. The number of rotatable bonds is 10. The van der Waals surface area contributed by atoms with Gasteiger partial charge in [-0.3, -0.25) is 9.69 Å². The molecule has 208 valence electrons. The van der Waals surface area contributed by atoms with Crippen LogP contribution < -0.4 is 10.6 Å². The fraction of sp³-hybridized carbons (Fsp3) is 0.536. The van der Waals surface area contributed by atoms with Crippen molar-refractivity contribution < 1.29 is 9.53 Å². The van der Waals surface area contributed by atoms with Crippen LogP contribution >= 0.6 is 11.6 Å². The second kappa shape index (κ2) is 13.3. The lowest BCUT2D eigenvalue weighted by Gasteiger charge is -2.34. The van der Waals surface area contributed by atoms with Gasteiger partial charge in [-0.05, 0) is 55.4 Å². The van der Waals surface area contributed by atoms with E-state index < -0.39 is 0 Å². The van der Waals surface area contributed by atoms with E-state index >= 15 is 0 Å². The SMILES string of the molecule is COCCN1CCN(C(=O)Cc2cnc(NC[C@H]3CC[C@H](Nc4ccc5ccnc(Cl)c5n4)CC3)nc2)CC1. The van der Waals surface area contributed by atoms with E-state index in [9.17, 15) is 4.79 Å². The smallest absolute Gasteiger partial charge is 0.227 e. The van der Waals surface area contributed by atoms with E-state index in [-0.39, 0.29) is 5.91 Å². The molecule has 1 aliphatic heterocycles. The Morgan fingerprint density at radius 2 is 1.82 bits per heavy atom. The standard InChI is InChI=1S/C28H37ClN8O2/c1-39-15-14-36-10-12-37(13-11-36)25(38)16-21-18-32-28(33-19-21)31-17-20-2-5-23(6-3-20)34-24-7-4-22-8-9-30-27(29)26(22)35-24/h4,7-9,18-20,23H,2-3,5-6,10-17H2,1H3,(H,34,35)(H,31,32,33)/t20-,23-. The van der Waals surface area contributed by atoms with E-state index in [0.29, 0.717) is 29.5 Å². The fourth-order valence-electron chi connectivity index (χ4n) is 5.31. The van der Waals surface area contributed by atoms with Crippen LogP contribution in [0.5, 0.6) is 0 Å². The molecule has 3 aromatic heterocycles. The lowest BCUT2D eigenvalue weighted by atomic mass is 9.86. The van der Waals surface area contributed by atoms with Crippen LogP contribution in [-0.4, -0.2) is 94.7 Å². The molecule has 0 bridgehead atoms. The molecule has 10 nitrogen and oxygen atoms in total. The number of hydrogen-bond donors (Lipinski definition) is 2. The molecule has 1 aliphatic carbocycles. The number of piperazine rings is 1. The first-order chi connectivity index (χ1) is 19.1. The summed E-state index contributed by atoms with van der Waals surface area (Å²) in [5.41, 5.74) is 1.58. The molecule has 5 rings (SSSR count). The largest absolute Gasteiger partial charge is 0.383 e. The zero-order chi connectivity index (χ0) is 27.0. The third-order valence-electron chi connectivity index (χ3n) is 7.71. The van der Waals surface area contributed by atoms with Crippen LogP contribution in [0.3, 0.4) is 0 Å². The molecular formula is C28H37ClN8O2. The van der Waals surface area contributed by atoms with Gasteiger partial charge in [0.25, 0.3) is 0 Å². The average Bonchev–Trinajstić information content (AvgIpc) is 2.97. The summed E-state index contributed by atoms with van der Waals surface area (Å²) >= 11 is 6.22. The Labute approximate surface area is 234 Å². The van der Waals surface area contributed by atoms with E-state index in [1.807, 2.05) is 23.1 Å². The summed E-state index contributed by atoms with van der Waals surface area (Å²) in [7, 11) is 1.72. The first-order valence-corrected chi connectivity index (χ1v) is 14.2. The summed E-state index contributed by atoms with van der Waals surface area (Å²) < 4.78 is 5.15. The van der Waals surface area contributed by atoms with Gasteiger partial charge in [0.1, 0.15) is 11.3 Å². The summed E-state index contributed by atoms with van der Waals surface area (Å²) in [5.74, 6) is 2.16. The van der Waals surface area contributed by atoms with Gasteiger partial charge in [-0.1, -0.05) is 11.6 Å². The van der Waals surface area contributed by atoms with Crippen LogP contribution in [-0.2, 0) is 16.0 Å². The number of hydrogen-bond acceptors (Lipinski definition) is 9. The third kappa shape index (κ3) is 7.52. The van der Waals surface area contributed by atoms with Crippen LogP contribution in [0.15, 0.2) is 36.8 Å². The number of nitrogens with one attached hydrogen (secondary N) is 2. The molecule has 0 atom stereocenters. The summed E-state index contributed by atoms with van der Waals surface area (Å²) in [6, 6.07) is 6.34. The number of carbonyl (C=O) groups excluding carboxylic acids is 1. The number of halogens is 1. The van der Waals surface area contributed by atoms with E-state index in [1.54, 1.807) is 25.7 Å². The van der Waals surface area contributed by atoms with Crippen molar-refractivity contribution in [2.45, 2.75) is 38.1 Å². The van der Waals surface area contributed by atoms with Crippen molar-refractivity contribution in [3.05, 3.63) is 47.5 Å². The molecule has 0 radical (unpaired) electrons. The van der Waals surface area contributed by atoms with Gasteiger partial charge in [-0.15, -0.1) is 0 Å². The minimum absolute atomic E-state index is 0.134. The number of pyridine rings is 2. The Balaban J connectivity index is 1.02. The molecule has 3 aromatic rings. The van der Waals surface area contributed by atoms with Crippen molar-refractivity contribution in [2.24, 2.45) is 5.92 Å². The van der Waals surface area contributed by atoms with Gasteiger partial charge in [0, 0.05) is 76.4 Å². The molecule has 2 fully saturated rings. The van der Waals surface area contributed by atoms with Crippen molar-refractivity contribution in [3.8, 4) is 0 Å². The van der Waals surface area contributed by atoms with Gasteiger partial charge in [0.05, 0.1) is 13.0 Å². The van der Waals surface area contributed by atoms with Gasteiger partial charge < -0.3 is 20.3 Å². The van der Waals surface area contributed by atoms with Crippen LogP contribution in [0, 0.1) is 5.92 Å². The predicted molar refractivity (Wildman–Crippen MR) is 153 cm³/mol. The molecule has 2 N–H and O–H groups in total. The predicted octanol–water partition coefficient (Wildman–Crippen LogP) is 3.49. The zero-order valence-electron chi connectivity index (χ0n) is 22.5. The molecule has 2 aliphatic rings. The summed E-state index contributed by atoms with van der Waals surface area (Å²) in [6.07, 6.45) is 9.96. The molecule has 0 aromatic carbocycles. The molecule has 4 heterocycles. The van der Waals surface area contributed by atoms with Crippen LogP contribution in [0.25, 0.3) is 10.9 Å². The highest BCUT2D eigenvalue weighted by molar-refractivity contribution is 6.33. The van der Waals surface area contributed by atoms with Crippen molar-refractivity contribution in [1.29, 1.82) is 0 Å². The van der Waals surface area contributed by atoms with Crippen molar-refractivity contribution in [2.75, 3.05) is 63.6 Å². The third-order valence-corrected chi connectivity index (χ3v) is 7.99. The number of amides is 1. The van der Waals surface area contributed by atoms with Gasteiger partial charge >= 0.3 is 0 Å².